The van der Waals surface area contributed by atoms with E-state index in [9.17, 15) is 19.7 Å². The Hall–Kier alpha value is -3.17. The zero-order valence-electron chi connectivity index (χ0n) is 15.1. The number of amides is 3. The van der Waals surface area contributed by atoms with Crippen LogP contribution >= 0.6 is 11.6 Å². The van der Waals surface area contributed by atoms with Gasteiger partial charge in [0.15, 0.2) is 6.23 Å². The molecule has 1 aliphatic rings. The molecule has 9 nitrogen and oxygen atoms in total. The lowest BCUT2D eigenvalue weighted by molar-refractivity contribution is -0.384. The van der Waals surface area contributed by atoms with Crippen molar-refractivity contribution in [3.05, 3.63) is 63.2 Å². The highest BCUT2D eigenvalue weighted by Crippen LogP contribution is 2.28. The van der Waals surface area contributed by atoms with E-state index >= 15 is 0 Å². The molecule has 0 saturated carbocycles. The van der Waals surface area contributed by atoms with E-state index in [2.05, 4.69) is 5.32 Å². The van der Waals surface area contributed by atoms with Crippen LogP contribution in [0.3, 0.4) is 0 Å². The number of nitrogens with zero attached hydrogens (tertiary/aromatic N) is 3. The van der Waals surface area contributed by atoms with Crippen LogP contribution in [0.25, 0.3) is 0 Å². The van der Waals surface area contributed by atoms with E-state index in [-0.39, 0.29) is 12.1 Å². The molecule has 2 aromatic carbocycles. The van der Waals surface area contributed by atoms with Gasteiger partial charge >= 0.3 is 6.03 Å². The second-order valence-electron chi connectivity index (χ2n) is 6.20. The number of benzene rings is 2. The van der Waals surface area contributed by atoms with Gasteiger partial charge in [-0.2, -0.15) is 0 Å². The van der Waals surface area contributed by atoms with Crippen LogP contribution in [0.15, 0.2) is 42.5 Å². The average Bonchev–Trinajstić information content (AvgIpc) is 2.91. The standard InChI is InChI=1S/C18H17ClN4O5/c1-11-9-14(23(26)27)7-8-15(11)20-16(24)10-17-22(18(25)21(2)28-17)13-5-3-12(19)4-6-13/h3-9,17H,10H2,1-2H3,(H,20,24)/t17-/m0/s1. The number of carbonyl (C=O) groups is 2. The van der Waals surface area contributed by atoms with Gasteiger partial charge in [0, 0.05) is 35.6 Å². The number of aryl methyl sites for hydroxylation is 1. The highest BCUT2D eigenvalue weighted by molar-refractivity contribution is 6.30. The smallest absolute Gasteiger partial charge is 0.326 e. The number of nitro benzene ring substituents is 1. The summed E-state index contributed by atoms with van der Waals surface area (Å²) in [6, 6.07) is 10.3. The predicted molar refractivity (Wildman–Crippen MR) is 103 cm³/mol. The third kappa shape index (κ3) is 4.05. The predicted octanol–water partition coefficient (Wildman–Crippen LogP) is 3.71. The molecule has 146 valence electrons. The number of non-ortho nitro benzene ring substituents is 1. The van der Waals surface area contributed by atoms with Crippen molar-refractivity contribution in [2.24, 2.45) is 0 Å². The second kappa shape index (κ2) is 7.83. The highest BCUT2D eigenvalue weighted by Gasteiger charge is 2.39. The highest BCUT2D eigenvalue weighted by atomic mass is 35.5. The quantitative estimate of drug-likeness (QED) is 0.604. The Bertz CT molecular complexity index is 934. The van der Waals surface area contributed by atoms with Crippen LogP contribution < -0.4 is 10.2 Å². The molecule has 3 rings (SSSR count). The minimum Gasteiger partial charge on any atom is -0.326 e. The van der Waals surface area contributed by atoms with Crippen molar-refractivity contribution in [2.75, 3.05) is 17.3 Å². The zero-order chi connectivity index (χ0) is 20.4. The topological polar surface area (TPSA) is 105 Å². The van der Waals surface area contributed by atoms with E-state index in [1.807, 2.05) is 0 Å². The SMILES string of the molecule is Cc1cc([N+](=O)[O-])ccc1NC(=O)C[C@@H]1ON(C)C(=O)N1c1ccc(Cl)cc1. The number of carbonyl (C=O) groups excluding carboxylic acids is 2. The molecule has 2 aromatic rings. The normalized spacial score (nSPS) is 16.4. The summed E-state index contributed by atoms with van der Waals surface area (Å²) in [7, 11) is 1.46. The van der Waals surface area contributed by atoms with Crippen molar-refractivity contribution in [3.63, 3.8) is 0 Å². The van der Waals surface area contributed by atoms with Crippen molar-refractivity contribution in [1.29, 1.82) is 0 Å². The van der Waals surface area contributed by atoms with Gasteiger partial charge in [-0.1, -0.05) is 11.6 Å². The molecule has 0 aromatic heterocycles. The summed E-state index contributed by atoms with van der Waals surface area (Å²) < 4.78 is 0. The minimum atomic E-state index is -0.836. The van der Waals surface area contributed by atoms with Crippen LogP contribution in [0, 0.1) is 17.0 Å². The number of hydroxylamine groups is 2. The number of nitro groups is 1. The first kappa shape index (κ1) is 19.6. The van der Waals surface area contributed by atoms with Gasteiger partial charge < -0.3 is 5.32 Å². The van der Waals surface area contributed by atoms with Gasteiger partial charge in [-0.05, 0) is 42.8 Å². The van der Waals surface area contributed by atoms with E-state index in [0.29, 0.717) is 22.0 Å². The van der Waals surface area contributed by atoms with E-state index in [0.717, 1.165) is 5.06 Å². The number of anilines is 2. The lowest BCUT2D eigenvalue weighted by Crippen LogP contribution is -2.36. The van der Waals surface area contributed by atoms with Crippen molar-refractivity contribution < 1.29 is 19.3 Å². The van der Waals surface area contributed by atoms with E-state index in [1.54, 1.807) is 31.2 Å². The van der Waals surface area contributed by atoms with Crippen molar-refractivity contribution >= 4 is 40.6 Å². The third-order valence-electron chi connectivity index (χ3n) is 4.20. The Morgan fingerprint density at radius 1 is 1.29 bits per heavy atom. The van der Waals surface area contributed by atoms with Gasteiger partial charge in [0.1, 0.15) is 0 Å². The molecular formula is C18H17ClN4O5. The first-order valence-electron chi connectivity index (χ1n) is 8.30. The van der Waals surface area contributed by atoms with Gasteiger partial charge in [0.05, 0.1) is 11.3 Å². The number of urea groups is 1. The number of rotatable bonds is 5. The largest absolute Gasteiger partial charge is 0.350 e. The molecule has 1 atom stereocenters. The molecular weight excluding hydrogens is 388 g/mol. The maximum atomic E-state index is 12.5. The zero-order valence-corrected chi connectivity index (χ0v) is 15.8. The van der Waals surface area contributed by atoms with Crippen LogP contribution in [-0.2, 0) is 9.63 Å². The van der Waals surface area contributed by atoms with E-state index in [1.165, 1.54) is 30.1 Å². The lowest BCUT2D eigenvalue weighted by Gasteiger charge is -2.20. The molecule has 1 aliphatic heterocycles. The molecule has 1 N–H and O–H groups in total. The number of nitrogens with one attached hydrogen (secondary N) is 1. The van der Waals surface area contributed by atoms with Crippen LogP contribution in [0.4, 0.5) is 21.9 Å². The molecule has 28 heavy (non-hydrogen) atoms. The Balaban J connectivity index is 1.74. The molecule has 1 saturated heterocycles. The summed E-state index contributed by atoms with van der Waals surface area (Å²) in [5.74, 6) is -0.399. The molecule has 0 aliphatic carbocycles. The van der Waals surface area contributed by atoms with Crippen molar-refractivity contribution in [3.8, 4) is 0 Å². The average molecular weight is 405 g/mol. The first-order valence-corrected chi connectivity index (χ1v) is 8.68. The van der Waals surface area contributed by atoms with E-state index in [4.69, 9.17) is 16.4 Å². The maximum Gasteiger partial charge on any atom is 0.350 e. The van der Waals surface area contributed by atoms with Gasteiger partial charge in [-0.15, -0.1) is 0 Å². The van der Waals surface area contributed by atoms with Gasteiger partial charge in [-0.3, -0.25) is 19.8 Å². The number of hydrogen-bond acceptors (Lipinski definition) is 5. The summed E-state index contributed by atoms with van der Waals surface area (Å²) in [6.45, 7) is 1.66. The molecule has 10 heteroatoms. The third-order valence-corrected chi connectivity index (χ3v) is 4.45. The van der Waals surface area contributed by atoms with Crippen LogP contribution in [0.1, 0.15) is 12.0 Å². The minimum absolute atomic E-state index is 0.0595. The molecule has 0 spiro atoms. The van der Waals surface area contributed by atoms with Gasteiger partial charge in [-0.25, -0.2) is 14.7 Å². The van der Waals surface area contributed by atoms with Crippen molar-refractivity contribution in [2.45, 2.75) is 19.6 Å². The maximum absolute atomic E-state index is 12.5. The monoisotopic (exact) mass is 404 g/mol. The molecule has 0 radical (unpaired) electrons. The number of halogens is 1. The Labute approximate surface area is 165 Å². The van der Waals surface area contributed by atoms with Crippen LogP contribution in [-0.4, -0.2) is 35.2 Å². The second-order valence-corrected chi connectivity index (χ2v) is 6.63. The molecule has 0 unspecified atom stereocenters. The fourth-order valence-electron chi connectivity index (χ4n) is 2.82. The molecule has 1 heterocycles. The van der Waals surface area contributed by atoms with E-state index < -0.39 is 23.1 Å². The van der Waals surface area contributed by atoms with Crippen LogP contribution in [0.5, 0.6) is 0 Å². The van der Waals surface area contributed by atoms with Crippen molar-refractivity contribution in [1.82, 2.24) is 5.06 Å². The molecule has 0 bridgehead atoms. The summed E-state index contributed by atoms with van der Waals surface area (Å²) >= 11 is 5.89. The first-order chi connectivity index (χ1) is 13.3. The summed E-state index contributed by atoms with van der Waals surface area (Å²) in [6.07, 6.45) is -0.966. The van der Waals surface area contributed by atoms with Gasteiger partial charge in [0.2, 0.25) is 5.91 Å². The summed E-state index contributed by atoms with van der Waals surface area (Å²) in [4.78, 5) is 42.0. The molecule has 3 amide bonds. The summed E-state index contributed by atoms with van der Waals surface area (Å²) in [5.41, 5.74) is 1.49. The Kier molecular flexibility index (Phi) is 5.48. The lowest BCUT2D eigenvalue weighted by atomic mass is 10.1. The fourth-order valence-corrected chi connectivity index (χ4v) is 2.94. The van der Waals surface area contributed by atoms with Crippen LogP contribution in [0.2, 0.25) is 5.02 Å². The summed E-state index contributed by atoms with van der Waals surface area (Å²) in [5, 5.41) is 15.1. The van der Waals surface area contributed by atoms with Gasteiger partial charge in [0.25, 0.3) is 5.69 Å². The number of hydrogen-bond donors (Lipinski definition) is 1. The fraction of sp³-hybridized carbons (Fsp3) is 0.222. The Morgan fingerprint density at radius 2 is 1.96 bits per heavy atom. The molecule has 1 fully saturated rings. The Morgan fingerprint density at radius 3 is 2.57 bits per heavy atom.